The molecule has 1 rings (SSSR count). The number of carbonyl (C=O) groups excluding carboxylic acids is 2. The first kappa shape index (κ1) is 19.8. The summed E-state index contributed by atoms with van der Waals surface area (Å²) in [6.07, 6.45) is 6.45. The van der Waals surface area contributed by atoms with Gasteiger partial charge in [0.2, 0.25) is 5.91 Å². The first-order chi connectivity index (χ1) is 11.1. The third kappa shape index (κ3) is 5.45. The first-order valence-corrected chi connectivity index (χ1v) is 8.26. The lowest BCUT2D eigenvalue weighted by Gasteiger charge is -2.30. The van der Waals surface area contributed by atoms with Gasteiger partial charge in [-0.25, -0.2) is 4.79 Å². The van der Waals surface area contributed by atoms with Crippen molar-refractivity contribution in [3.63, 3.8) is 0 Å². The van der Waals surface area contributed by atoms with Gasteiger partial charge < -0.3 is 15.0 Å². The quantitative estimate of drug-likeness (QED) is 0.801. The number of amides is 2. The van der Waals surface area contributed by atoms with Crippen LogP contribution in [-0.2, 0) is 9.53 Å². The fourth-order valence-corrected chi connectivity index (χ4v) is 2.73. The zero-order chi connectivity index (χ0) is 18.5. The van der Waals surface area contributed by atoms with Crippen molar-refractivity contribution in [3.8, 4) is 18.4 Å². The van der Waals surface area contributed by atoms with Gasteiger partial charge in [-0.3, -0.25) is 4.79 Å². The maximum Gasteiger partial charge on any atom is 0.408 e. The Morgan fingerprint density at radius 2 is 1.92 bits per heavy atom. The van der Waals surface area contributed by atoms with E-state index < -0.39 is 29.8 Å². The second kappa shape index (κ2) is 8.06. The van der Waals surface area contributed by atoms with Gasteiger partial charge in [-0.15, -0.1) is 6.42 Å². The van der Waals surface area contributed by atoms with Crippen molar-refractivity contribution in [3.05, 3.63) is 0 Å². The lowest BCUT2D eigenvalue weighted by Crippen LogP contribution is -2.53. The number of nitrogens with one attached hydrogen (secondary N) is 1. The minimum atomic E-state index is -0.760. The summed E-state index contributed by atoms with van der Waals surface area (Å²) < 4.78 is 5.24. The zero-order valence-electron chi connectivity index (χ0n) is 15.1. The lowest BCUT2D eigenvalue weighted by molar-refractivity contribution is -0.135. The summed E-state index contributed by atoms with van der Waals surface area (Å²) in [7, 11) is 0. The summed E-state index contributed by atoms with van der Waals surface area (Å²) in [5.41, 5.74) is -0.653. The molecule has 0 spiro atoms. The number of terminal acetylenes is 1. The molecule has 1 aliphatic rings. The van der Waals surface area contributed by atoms with Crippen molar-refractivity contribution < 1.29 is 14.3 Å². The second-order valence-corrected chi connectivity index (χ2v) is 7.48. The molecule has 1 saturated heterocycles. The van der Waals surface area contributed by atoms with Gasteiger partial charge in [0.1, 0.15) is 17.7 Å². The molecule has 0 aromatic carbocycles. The van der Waals surface area contributed by atoms with Crippen molar-refractivity contribution >= 4 is 12.0 Å². The molecule has 1 aliphatic heterocycles. The monoisotopic (exact) mass is 333 g/mol. The highest BCUT2D eigenvalue weighted by atomic mass is 16.6. The van der Waals surface area contributed by atoms with E-state index in [9.17, 15) is 14.9 Å². The van der Waals surface area contributed by atoms with Crippen LogP contribution in [0.25, 0.3) is 0 Å². The average Bonchev–Trinajstić information content (AvgIpc) is 2.86. The molecule has 0 aromatic rings. The lowest BCUT2D eigenvalue weighted by atomic mass is 10.0. The van der Waals surface area contributed by atoms with Gasteiger partial charge in [0, 0.05) is 0 Å². The van der Waals surface area contributed by atoms with E-state index in [-0.39, 0.29) is 11.8 Å². The van der Waals surface area contributed by atoms with E-state index in [0.717, 1.165) is 0 Å². The fourth-order valence-electron chi connectivity index (χ4n) is 2.73. The standard InChI is InChI=1S/C18H27N3O3/c1-7-13-8-9-14(11-19)21(13)16(22)15(10-12(2)3)20-17(23)24-18(4,5)6/h1,12-15H,8-10H2,2-6H3,(H,20,23)/t13-,14?,15+/m0/s1. The molecule has 1 heterocycles. The summed E-state index contributed by atoms with van der Waals surface area (Å²) in [6.45, 7) is 9.19. The van der Waals surface area contributed by atoms with Gasteiger partial charge in [0.25, 0.3) is 0 Å². The summed E-state index contributed by atoms with van der Waals surface area (Å²) in [4.78, 5) is 26.4. The molecule has 6 nitrogen and oxygen atoms in total. The van der Waals surface area contributed by atoms with Crippen LogP contribution in [0.3, 0.4) is 0 Å². The average molecular weight is 333 g/mol. The van der Waals surface area contributed by atoms with Crippen LogP contribution in [0.5, 0.6) is 0 Å². The molecule has 132 valence electrons. The van der Waals surface area contributed by atoms with E-state index >= 15 is 0 Å². The third-order valence-electron chi connectivity index (χ3n) is 3.68. The van der Waals surface area contributed by atoms with Crippen LogP contribution >= 0.6 is 0 Å². The molecule has 1 N–H and O–H groups in total. The van der Waals surface area contributed by atoms with Crippen LogP contribution in [0.1, 0.15) is 53.9 Å². The van der Waals surface area contributed by atoms with Crippen molar-refractivity contribution in [2.45, 2.75) is 77.6 Å². The maximum atomic E-state index is 12.9. The van der Waals surface area contributed by atoms with E-state index in [1.165, 1.54) is 4.90 Å². The predicted molar refractivity (Wildman–Crippen MR) is 90.7 cm³/mol. The smallest absolute Gasteiger partial charge is 0.408 e. The normalized spacial score (nSPS) is 21.8. The first-order valence-electron chi connectivity index (χ1n) is 8.26. The van der Waals surface area contributed by atoms with Crippen molar-refractivity contribution in [2.24, 2.45) is 5.92 Å². The Morgan fingerprint density at radius 3 is 2.38 bits per heavy atom. The van der Waals surface area contributed by atoms with Crippen LogP contribution in [0.15, 0.2) is 0 Å². The van der Waals surface area contributed by atoms with Gasteiger partial charge in [0.05, 0.1) is 12.1 Å². The minimum absolute atomic E-state index is 0.182. The molecule has 1 unspecified atom stereocenters. The molecule has 0 aromatic heterocycles. The van der Waals surface area contributed by atoms with Crippen LogP contribution < -0.4 is 5.32 Å². The summed E-state index contributed by atoms with van der Waals surface area (Å²) in [5.74, 6) is 2.43. The molecular weight excluding hydrogens is 306 g/mol. The van der Waals surface area contributed by atoms with Crippen LogP contribution in [0.2, 0.25) is 0 Å². The zero-order valence-corrected chi connectivity index (χ0v) is 15.1. The molecular formula is C18H27N3O3. The number of rotatable bonds is 4. The Bertz CT molecular complexity index is 529. The SMILES string of the molecule is C#C[C@H]1CCC(C#N)N1C(=O)[C@@H](CC(C)C)NC(=O)OC(C)(C)C. The third-order valence-corrected chi connectivity index (χ3v) is 3.68. The van der Waals surface area contributed by atoms with E-state index in [4.69, 9.17) is 11.2 Å². The van der Waals surface area contributed by atoms with E-state index in [2.05, 4.69) is 17.3 Å². The number of carbonyl (C=O) groups is 2. The predicted octanol–water partition coefficient (Wildman–Crippen LogP) is 2.44. The highest BCUT2D eigenvalue weighted by molar-refractivity contribution is 5.87. The molecule has 3 atom stereocenters. The number of alkyl carbamates (subject to hydrolysis) is 1. The number of nitriles is 1. The van der Waals surface area contributed by atoms with Crippen molar-refractivity contribution in [1.82, 2.24) is 10.2 Å². The van der Waals surface area contributed by atoms with E-state index in [1.807, 2.05) is 13.8 Å². The number of ether oxygens (including phenoxy) is 1. The maximum absolute atomic E-state index is 12.9. The Morgan fingerprint density at radius 1 is 1.33 bits per heavy atom. The topological polar surface area (TPSA) is 82.4 Å². The molecule has 0 radical (unpaired) electrons. The van der Waals surface area contributed by atoms with Crippen LogP contribution in [-0.4, -0.2) is 40.6 Å². The van der Waals surface area contributed by atoms with Crippen LogP contribution in [0, 0.1) is 29.6 Å². The summed E-state index contributed by atoms with van der Waals surface area (Å²) in [6, 6.07) is 0.412. The minimum Gasteiger partial charge on any atom is -0.444 e. The molecule has 0 aliphatic carbocycles. The number of hydrogen-bond acceptors (Lipinski definition) is 4. The molecule has 6 heteroatoms. The summed E-state index contributed by atoms with van der Waals surface area (Å²) in [5, 5.41) is 11.9. The van der Waals surface area contributed by atoms with E-state index in [0.29, 0.717) is 19.3 Å². The largest absolute Gasteiger partial charge is 0.444 e. The Hall–Kier alpha value is -2.21. The van der Waals surface area contributed by atoms with Crippen molar-refractivity contribution in [2.75, 3.05) is 0 Å². The van der Waals surface area contributed by atoms with Gasteiger partial charge in [-0.2, -0.15) is 5.26 Å². The fraction of sp³-hybridized carbons (Fsp3) is 0.722. The van der Waals surface area contributed by atoms with Gasteiger partial charge >= 0.3 is 6.09 Å². The Kier molecular flexibility index (Phi) is 6.66. The number of hydrogen-bond donors (Lipinski definition) is 1. The summed E-state index contributed by atoms with van der Waals surface area (Å²) >= 11 is 0. The second-order valence-electron chi connectivity index (χ2n) is 7.48. The van der Waals surface area contributed by atoms with Crippen molar-refractivity contribution in [1.29, 1.82) is 5.26 Å². The van der Waals surface area contributed by atoms with Gasteiger partial charge in [-0.1, -0.05) is 19.8 Å². The Balaban J connectivity index is 2.94. The van der Waals surface area contributed by atoms with Crippen LogP contribution in [0.4, 0.5) is 4.79 Å². The van der Waals surface area contributed by atoms with Gasteiger partial charge in [-0.05, 0) is 46.0 Å². The molecule has 24 heavy (non-hydrogen) atoms. The number of likely N-dealkylation sites (tertiary alicyclic amines) is 1. The number of nitrogens with zero attached hydrogens (tertiary/aromatic N) is 2. The van der Waals surface area contributed by atoms with Gasteiger partial charge in [0.15, 0.2) is 0 Å². The Labute approximate surface area is 144 Å². The molecule has 2 amide bonds. The highest BCUT2D eigenvalue weighted by Crippen LogP contribution is 2.25. The van der Waals surface area contributed by atoms with E-state index in [1.54, 1.807) is 20.8 Å². The molecule has 0 bridgehead atoms. The molecule has 0 saturated carbocycles. The molecule has 1 fully saturated rings. The highest BCUT2D eigenvalue weighted by Gasteiger charge is 2.40.